The van der Waals surface area contributed by atoms with Gasteiger partial charge < -0.3 is 5.11 Å². The maximum absolute atomic E-state index is 9.60. The molecule has 0 radical (unpaired) electrons. The van der Waals surface area contributed by atoms with Gasteiger partial charge in [0.25, 0.3) is 0 Å². The lowest BCUT2D eigenvalue weighted by molar-refractivity contribution is -0.340. The lowest BCUT2D eigenvalue weighted by Gasteiger charge is -2.21. The highest BCUT2D eigenvalue weighted by Gasteiger charge is 2.20. The second kappa shape index (κ2) is 4.34. The first-order valence-corrected chi connectivity index (χ1v) is 4.03. The van der Waals surface area contributed by atoms with E-state index in [0.717, 1.165) is 0 Å². The van der Waals surface area contributed by atoms with Crippen molar-refractivity contribution in [1.82, 2.24) is 5.23 Å². The zero-order valence-corrected chi connectivity index (χ0v) is 7.33. The summed E-state index contributed by atoms with van der Waals surface area (Å²) >= 11 is 0. The average Bonchev–Trinajstić information content (AvgIpc) is 2.17. The van der Waals surface area contributed by atoms with Crippen LogP contribution in [0.2, 0.25) is 0 Å². The zero-order chi connectivity index (χ0) is 9.84. The minimum Gasteiger partial charge on any atom is -0.387 e. The maximum atomic E-state index is 9.60. The number of hydroxylamine groups is 2. The molecular formula is C9H13NO3. The molecule has 4 nitrogen and oxygen atoms in total. The Labute approximate surface area is 76.6 Å². The van der Waals surface area contributed by atoms with Crippen LogP contribution in [0.1, 0.15) is 18.6 Å². The summed E-state index contributed by atoms with van der Waals surface area (Å²) in [7, 11) is 0. The van der Waals surface area contributed by atoms with Gasteiger partial charge in [0.05, 0.1) is 12.1 Å². The minimum absolute atomic E-state index is 0.0116. The van der Waals surface area contributed by atoms with Gasteiger partial charge in [0.1, 0.15) is 0 Å². The number of aliphatic hydroxyl groups excluding tert-OH is 1. The van der Waals surface area contributed by atoms with Crippen LogP contribution in [0.5, 0.6) is 0 Å². The van der Waals surface area contributed by atoms with Gasteiger partial charge in [-0.25, -0.2) is 0 Å². The summed E-state index contributed by atoms with van der Waals surface area (Å²) in [6.45, 7) is 1.51. The molecular weight excluding hydrogens is 170 g/mol. The number of hydrogen-bond donors (Lipinski definition) is 3. The van der Waals surface area contributed by atoms with Crippen LogP contribution < -0.4 is 0 Å². The number of rotatable bonds is 3. The normalized spacial score (nSPS) is 15.8. The van der Waals surface area contributed by atoms with Crippen LogP contribution >= 0.6 is 0 Å². The van der Waals surface area contributed by atoms with Crippen molar-refractivity contribution in [1.29, 1.82) is 0 Å². The maximum Gasteiger partial charge on any atom is 0.0990 e. The van der Waals surface area contributed by atoms with Gasteiger partial charge in [-0.2, -0.15) is 0 Å². The molecule has 0 aliphatic heterocycles. The smallest absolute Gasteiger partial charge is 0.0990 e. The Bertz CT molecular complexity index is 250. The van der Waals surface area contributed by atoms with Crippen molar-refractivity contribution in [3.8, 4) is 0 Å². The van der Waals surface area contributed by atoms with Crippen LogP contribution in [0.15, 0.2) is 30.3 Å². The lowest BCUT2D eigenvalue weighted by atomic mass is 10.0. The molecule has 0 fully saturated rings. The van der Waals surface area contributed by atoms with Gasteiger partial charge in [0.2, 0.25) is 0 Å². The summed E-state index contributed by atoms with van der Waals surface area (Å²) in [6, 6.07) is 8.10. The third kappa shape index (κ3) is 2.50. The van der Waals surface area contributed by atoms with E-state index < -0.39 is 12.1 Å². The van der Waals surface area contributed by atoms with Crippen LogP contribution in [0.25, 0.3) is 0 Å². The molecule has 0 saturated carbocycles. The summed E-state index contributed by atoms with van der Waals surface area (Å²) in [5, 5.41) is 27.0. The number of aliphatic hydroxyl groups is 1. The molecule has 0 aliphatic rings. The molecule has 2 atom stereocenters. The number of nitrogens with zero attached hydrogens (tertiary/aromatic N) is 1. The Morgan fingerprint density at radius 1 is 1.15 bits per heavy atom. The fraction of sp³-hybridized carbons (Fsp3) is 0.333. The van der Waals surface area contributed by atoms with E-state index in [0.29, 0.717) is 5.56 Å². The van der Waals surface area contributed by atoms with Gasteiger partial charge in [-0.1, -0.05) is 35.6 Å². The highest BCUT2D eigenvalue weighted by molar-refractivity contribution is 5.18. The second-order valence-electron chi connectivity index (χ2n) is 2.92. The third-order valence-corrected chi connectivity index (χ3v) is 1.96. The van der Waals surface area contributed by atoms with E-state index in [1.54, 1.807) is 24.3 Å². The molecule has 0 amide bonds. The molecule has 0 aromatic heterocycles. The molecule has 0 aliphatic carbocycles. The molecule has 13 heavy (non-hydrogen) atoms. The van der Waals surface area contributed by atoms with E-state index in [9.17, 15) is 5.11 Å². The third-order valence-electron chi connectivity index (χ3n) is 1.96. The van der Waals surface area contributed by atoms with Crippen LogP contribution in [0, 0.1) is 0 Å². The number of benzene rings is 1. The summed E-state index contributed by atoms with van der Waals surface area (Å²) in [5.41, 5.74) is 0.656. The molecule has 1 aromatic rings. The first kappa shape index (κ1) is 10.1. The molecule has 0 bridgehead atoms. The highest BCUT2D eigenvalue weighted by Crippen LogP contribution is 2.18. The van der Waals surface area contributed by atoms with Crippen molar-refractivity contribution in [3.63, 3.8) is 0 Å². The van der Waals surface area contributed by atoms with Crippen LogP contribution in [-0.2, 0) is 0 Å². The Kier molecular flexibility index (Phi) is 3.39. The Morgan fingerprint density at radius 3 is 2.15 bits per heavy atom. The zero-order valence-electron chi connectivity index (χ0n) is 7.33. The number of hydrogen-bond acceptors (Lipinski definition) is 4. The minimum atomic E-state index is -0.906. The predicted molar refractivity (Wildman–Crippen MR) is 46.3 cm³/mol. The van der Waals surface area contributed by atoms with Crippen molar-refractivity contribution in [2.45, 2.75) is 19.1 Å². The van der Waals surface area contributed by atoms with E-state index in [4.69, 9.17) is 10.4 Å². The molecule has 1 aromatic carbocycles. The van der Waals surface area contributed by atoms with E-state index in [2.05, 4.69) is 0 Å². The molecule has 0 heterocycles. The molecule has 3 N–H and O–H groups in total. The van der Waals surface area contributed by atoms with E-state index in [1.165, 1.54) is 6.92 Å². The molecule has 0 spiro atoms. The van der Waals surface area contributed by atoms with Gasteiger partial charge in [0, 0.05) is 0 Å². The first-order valence-electron chi connectivity index (χ1n) is 4.03. The van der Waals surface area contributed by atoms with Crippen LogP contribution in [0.3, 0.4) is 0 Å². The SMILES string of the molecule is C[C@H]([C@@H](O)c1ccccc1)N(O)O. The van der Waals surface area contributed by atoms with E-state index in [-0.39, 0.29) is 5.23 Å². The standard InChI is InChI=1S/C9H13NO3/c1-7(10(12)13)9(11)8-5-3-2-4-6-8/h2-7,9,11-13H,1H3/t7-,9-/m1/s1. The summed E-state index contributed by atoms with van der Waals surface area (Å²) < 4.78 is 0. The van der Waals surface area contributed by atoms with Gasteiger partial charge in [-0.3, -0.25) is 10.4 Å². The fourth-order valence-corrected chi connectivity index (χ4v) is 1.06. The topological polar surface area (TPSA) is 63.9 Å². The van der Waals surface area contributed by atoms with E-state index in [1.807, 2.05) is 6.07 Å². The Hall–Kier alpha value is -0.940. The van der Waals surface area contributed by atoms with Crippen molar-refractivity contribution in [2.24, 2.45) is 0 Å². The molecule has 4 heteroatoms. The van der Waals surface area contributed by atoms with Crippen molar-refractivity contribution in [3.05, 3.63) is 35.9 Å². The molecule has 72 valence electrons. The largest absolute Gasteiger partial charge is 0.387 e. The van der Waals surface area contributed by atoms with Gasteiger partial charge in [-0.15, -0.1) is 0 Å². The van der Waals surface area contributed by atoms with Crippen LogP contribution in [-0.4, -0.2) is 26.8 Å². The Balaban J connectivity index is 2.73. The average molecular weight is 183 g/mol. The van der Waals surface area contributed by atoms with Gasteiger partial charge >= 0.3 is 0 Å². The predicted octanol–water partition coefficient (Wildman–Crippen LogP) is 1.19. The lowest BCUT2D eigenvalue weighted by Crippen LogP contribution is -2.32. The van der Waals surface area contributed by atoms with Gasteiger partial charge in [-0.05, 0) is 12.5 Å². The quantitative estimate of drug-likeness (QED) is 0.616. The van der Waals surface area contributed by atoms with Crippen molar-refractivity contribution in [2.75, 3.05) is 0 Å². The van der Waals surface area contributed by atoms with Crippen LogP contribution in [0.4, 0.5) is 0 Å². The summed E-state index contributed by atoms with van der Waals surface area (Å²) in [5.74, 6) is 0. The second-order valence-corrected chi connectivity index (χ2v) is 2.92. The summed E-state index contributed by atoms with van der Waals surface area (Å²) in [4.78, 5) is 0. The molecule has 0 unspecified atom stereocenters. The first-order chi connectivity index (χ1) is 6.13. The monoisotopic (exact) mass is 183 g/mol. The molecule has 1 rings (SSSR count). The van der Waals surface area contributed by atoms with Crippen molar-refractivity contribution >= 4 is 0 Å². The fourth-order valence-electron chi connectivity index (χ4n) is 1.06. The molecule has 0 saturated heterocycles. The van der Waals surface area contributed by atoms with Crippen molar-refractivity contribution < 1.29 is 15.5 Å². The Morgan fingerprint density at radius 2 is 1.69 bits per heavy atom. The van der Waals surface area contributed by atoms with E-state index >= 15 is 0 Å². The van der Waals surface area contributed by atoms with Gasteiger partial charge in [0.15, 0.2) is 0 Å². The highest BCUT2D eigenvalue weighted by atomic mass is 16.8. The summed E-state index contributed by atoms with van der Waals surface area (Å²) in [6.07, 6.45) is -0.906.